The van der Waals surface area contributed by atoms with Gasteiger partial charge in [-0.05, 0) is 24.3 Å². The minimum atomic E-state index is -0.627. The van der Waals surface area contributed by atoms with Crippen LogP contribution in [0, 0.1) is 17.1 Å². The van der Waals surface area contributed by atoms with Crippen LogP contribution in [-0.2, 0) is 7.05 Å². The molecule has 0 atom stereocenters. The van der Waals surface area contributed by atoms with Gasteiger partial charge in [0.2, 0.25) is 0 Å². The summed E-state index contributed by atoms with van der Waals surface area (Å²) < 4.78 is 14.7. The first kappa shape index (κ1) is 13.1. The van der Waals surface area contributed by atoms with Crippen LogP contribution in [0.25, 0.3) is 0 Å². The standard InChI is InChI=1S/C13H9ClFN3O/c1-18-5-4-10(14)12(18)13(19)17-9-2-3-11(15)8(6-9)7-16/h2-6H,1H3,(H,17,19). The van der Waals surface area contributed by atoms with E-state index in [1.54, 1.807) is 29.9 Å². The van der Waals surface area contributed by atoms with Crippen molar-refractivity contribution in [3.05, 3.63) is 52.6 Å². The quantitative estimate of drug-likeness (QED) is 0.917. The maximum Gasteiger partial charge on any atom is 0.273 e. The Kier molecular flexibility index (Phi) is 3.54. The Morgan fingerprint density at radius 3 is 2.79 bits per heavy atom. The number of hydrogen-bond donors (Lipinski definition) is 1. The Morgan fingerprint density at radius 2 is 2.21 bits per heavy atom. The Labute approximate surface area is 114 Å². The lowest BCUT2D eigenvalue weighted by Gasteiger charge is -2.07. The Balaban J connectivity index is 2.28. The molecule has 19 heavy (non-hydrogen) atoms. The molecule has 0 unspecified atom stereocenters. The molecule has 1 amide bonds. The van der Waals surface area contributed by atoms with E-state index < -0.39 is 11.7 Å². The van der Waals surface area contributed by atoms with Crippen LogP contribution in [0.5, 0.6) is 0 Å². The summed E-state index contributed by atoms with van der Waals surface area (Å²) in [6.45, 7) is 0. The third kappa shape index (κ3) is 2.59. The van der Waals surface area contributed by atoms with E-state index in [4.69, 9.17) is 16.9 Å². The van der Waals surface area contributed by atoms with Crippen LogP contribution in [0.4, 0.5) is 10.1 Å². The first-order chi connectivity index (χ1) is 9.02. The van der Waals surface area contributed by atoms with Gasteiger partial charge in [-0.1, -0.05) is 11.6 Å². The highest BCUT2D eigenvalue weighted by Crippen LogP contribution is 2.19. The molecule has 0 bridgehead atoms. The fourth-order valence-corrected chi connectivity index (χ4v) is 1.92. The summed E-state index contributed by atoms with van der Waals surface area (Å²) in [6, 6.07) is 7.08. The van der Waals surface area contributed by atoms with Gasteiger partial charge in [-0.15, -0.1) is 0 Å². The number of amides is 1. The van der Waals surface area contributed by atoms with Crippen molar-refractivity contribution in [2.45, 2.75) is 0 Å². The van der Waals surface area contributed by atoms with E-state index in [0.29, 0.717) is 16.4 Å². The first-order valence-electron chi connectivity index (χ1n) is 5.34. The summed E-state index contributed by atoms with van der Waals surface area (Å²) in [5, 5.41) is 11.6. The third-order valence-electron chi connectivity index (χ3n) is 2.58. The fraction of sp³-hybridized carbons (Fsp3) is 0.0769. The smallest absolute Gasteiger partial charge is 0.273 e. The predicted octanol–water partition coefficient (Wildman–Crippen LogP) is 2.94. The second-order valence-electron chi connectivity index (χ2n) is 3.88. The van der Waals surface area contributed by atoms with E-state index >= 15 is 0 Å². The molecule has 96 valence electrons. The molecule has 1 aromatic carbocycles. The second-order valence-corrected chi connectivity index (χ2v) is 4.29. The van der Waals surface area contributed by atoms with Gasteiger partial charge >= 0.3 is 0 Å². The predicted molar refractivity (Wildman–Crippen MR) is 69.5 cm³/mol. The van der Waals surface area contributed by atoms with Crippen molar-refractivity contribution in [2.75, 3.05) is 5.32 Å². The van der Waals surface area contributed by atoms with Crippen LogP contribution in [0.2, 0.25) is 5.02 Å². The number of carbonyl (C=O) groups is 1. The minimum Gasteiger partial charge on any atom is -0.345 e. The number of carbonyl (C=O) groups excluding carboxylic acids is 1. The van der Waals surface area contributed by atoms with Gasteiger partial charge in [0.25, 0.3) is 5.91 Å². The Morgan fingerprint density at radius 1 is 1.47 bits per heavy atom. The Hall–Kier alpha value is -2.32. The van der Waals surface area contributed by atoms with Gasteiger partial charge in [0.1, 0.15) is 17.6 Å². The van der Waals surface area contributed by atoms with Gasteiger partial charge in [-0.3, -0.25) is 4.79 Å². The lowest BCUT2D eigenvalue weighted by atomic mass is 10.2. The van der Waals surface area contributed by atoms with E-state index in [2.05, 4.69) is 5.32 Å². The summed E-state index contributed by atoms with van der Waals surface area (Å²) >= 11 is 5.90. The molecule has 6 heteroatoms. The number of nitrogens with zero attached hydrogens (tertiary/aromatic N) is 2. The molecule has 2 rings (SSSR count). The topological polar surface area (TPSA) is 57.8 Å². The van der Waals surface area contributed by atoms with Gasteiger partial charge in [-0.25, -0.2) is 4.39 Å². The van der Waals surface area contributed by atoms with Gasteiger partial charge in [0.05, 0.1) is 10.6 Å². The SMILES string of the molecule is Cn1ccc(Cl)c1C(=O)Nc1ccc(F)c(C#N)c1. The van der Waals surface area contributed by atoms with Gasteiger partial charge in [-0.2, -0.15) is 5.26 Å². The molecule has 1 N–H and O–H groups in total. The van der Waals surface area contributed by atoms with Gasteiger partial charge in [0, 0.05) is 18.9 Å². The van der Waals surface area contributed by atoms with Crippen molar-refractivity contribution in [1.82, 2.24) is 4.57 Å². The van der Waals surface area contributed by atoms with Crippen molar-refractivity contribution in [2.24, 2.45) is 7.05 Å². The number of halogens is 2. The molecule has 0 radical (unpaired) electrons. The summed E-state index contributed by atoms with van der Waals surface area (Å²) in [6.07, 6.45) is 1.66. The second kappa shape index (κ2) is 5.12. The molecule has 0 aliphatic heterocycles. The molecule has 1 aromatic heterocycles. The normalized spacial score (nSPS) is 10.0. The summed E-state index contributed by atoms with van der Waals surface area (Å²) in [5.41, 5.74) is 0.500. The van der Waals surface area contributed by atoms with Crippen molar-refractivity contribution in [3.63, 3.8) is 0 Å². The number of benzene rings is 1. The third-order valence-corrected chi connectivity index (χ3v) is 2.89. The van der Waals surface area contributed by atoms with Crippen molar-refractivity contribution in [1.29, 1.82) is 5.26 Å². The van der Waals surface area contributed by atoms with Crippen molar-refractivity contribution < 1.29 is 9.18 Å². The van der Waals surface area contributed by atoms with Gasteiger partial charge in [0.15, 0.2) is 0 Å². The monoisotopic (exact) mass is 277 g/mol. The molecule has 0 saturated heterocycles. The molecule has 0 aliphatic rings. The average molecular weight is 278 g/mol. The molecule has 0 fully saturated rings. The summed E-state index contributed by atoms with van der Waals surface area (Å²) in [7, 11) is 1.69. The van der Waals surface area contributed by atoms with Gasteiger partial charge < -0.3 is 9.88 Å². The molecular formula is C13H9ClFN3O. The summed E-state index contributed by atoms with van der Waals surface area (Å²) in [4.78, 5) is 12.0. The number of nitrogens with one attached hydrogen (secondary N) is 1. The number of hydrogen-bond acceptors (Lipinski definition) is 2. The minimum absolute atomic E-state index is 0.129. The highest BCUT2D eigenvalue weighted by atomic mass is 35.5. The van der Waals surface area contributed by atoms with E-state index in [0.717, 1.165) is 6.07 Å². The maximum atomic E-state index is 13.1. The zero-order valence-electron chi connectivity index (χ0n) is 9.95. The number of aryl methyl sites for hydroxylation is 1. The number of aromatic nitrogens is 1. The maximum absolute atomic E-state index is 13.1. The van der Waals surface area contributed by atoms with Crippen LogP contribution in [-0.4, -0.2) is 10.5 Å². The van der Waals surface area contributed by atoms with E-state index in [1.807, 2.05) is 0 Å². The van der Waals surface area contributed by atoms with Crippen LogP contribution in [0.15, 0.2) is 30.5 Å². The largest absolute Gasteiger partial charge is 0.345 e. The molecule has 0 aliphatic carbocycles. The molecule has 4 nitrogen and oxygen atoms in total. The number of nitriles is 1. The summed E-state index contributed by atoms with van der Waals surface area (Å²) in [5.74, 6) is -1.05. The van der Waals surface area contributed by atoms with Crippen LogP contribution >= 0.6 is 11.6 Å². The molecule has 0 saturated carbocycles. The Bertz CT molecular complexity index is 668. The zero-order chi connectivity index (χ0) is 14.0. The number of rotatable bonds is 2. The molecule has 0 spiro atoms. The van der Waals surface area contributed by atoms with E-state index in [-0.39, 0.29) is 5.56 Å². The van der Waals surface area contributed by atoms with Crippen molar-refractivity contribution in [3.8, 4) is 6.07 Å². The molecular weight excluding hydrogens is 269 g/mol. The van der Waals surface area contributed by atoms with Crippen LogP contribution in [0.1, 0.15) is 16.1 Å². The highest BCUT2D eigenvalue weighted by Gasteiger charge is 2.15. The molecule has 1 heterocycles. The van der Waals surface area contributed by atoms with Crippen LogP contribution < -0.4 is 5.32 Å². The molecule has 2 aromatic rings. The van der Waals surface area contributed by atoms with E-state index in [1.165, 1.54) is 12.1 Å². The highest BCUT2D eigenvalue weighted by molar-refractivity contribution is 6.34. The lowest BCUT2D eigenvalue weighted by Crippen LogP contribution is -2.16. The van der Waals surface area contributed by atoms with E-state index in [9.17, 15) is 9.18 Å². The average Bonchev–Trinajstić information content (AvgIpc) is 2.71. The van der Waals surface area contributed by atoms with Crippen LogP contribution in [0.3, 0.4) is 0 Å². The fourth-order valence-electron chi connectivity index (χ4n) is 1.65. The van der Waals surface area contributed by atoms with Crippen molar-refractivity contribution >= 4 is 23.2 Å². The zero-order valence-corrected chi connectivity index (χ0v) is 10.7. The first-order valence-corrected chi connectivity index (χ1v) is 5.72. The lowest BCUT2D eigenvalue weighted by molar-refractivity contribution is 0.101. The number of anilines is 1.